The van der Waals surface area contributed by atoms with Crippen molar-refractivity contribution >= 4 is 0 Å². The molecule has 3 heterocycles. The van der Waals surface area contributed by atoms with E-state index >= 15 is 0 Å². The van der Waals surface area contributed by atoms with Gasteiger partial charge in [-0.05, 0) is 37.0 Å². The Labute approximate surface area is 185 Å². The molecule has 176 valence electrons. The zero-order valence-electron chi connectivity index (χ0n) is 17.7. The van der Waals surface area contributed by atoms with Crippen molar-refractivity contribution in [3.8, 4) is 11.5 Å². The largest absolute Gasteiger partial charge is 0.418 e. The summed E-state index contributed by atoms with van der Waals surface area (Å²) in [6.45, 7) is -0.531. The highest BCUT2D eigenvalue weighted by Crippen LogP contribution is 2.33. The quantitative estimate of drug-likeness (QED) is 0.516. The van der Waals surface area contributed by atoms with Crippen LogP contribution < -0.4 is 5.56 Å². The van der Waals surface area contributed by atoms with Crippen molar-refractivity contribution in [2.75, 3.05) is 0 Å². The average molecular weight is 468 g/mol. The van der Waals surface area contributed by atoms with Crippen molar-refractivity contribution in [3.05, 3.63) is 57.4 Å². The Balaban J connectivity index is 1.84. The third-order valence-electron chi connectivity index (χ3n) is 5.76. The van der Waals surface area contributed by atoms with E-state index in [9.17, 15) is 26.7 Å². The highest BCUT2D eigenvalue weighted by Gasteiger charge is 2.34. The molecular formula is C21H21F5N6O. The molecule has 4 rings (SSSR count). The van der Waals surface area contributed by atoms with Gasteiger partial charge in [-0.2, -0.15) is 18.3 Å². The van der Waals surface area contributed by atoms with Gasteiger partial charge in [0.15, 0.2) is 5.82 Å². The predicted molar refractivity (Wildman–Crippen MR) is 108 cm³/mol. The van der Waals surface area contributed by atoms with Gasteiger partial charge in [0.1, 0.15) is 5.69 Å². The number of nitrogens with zero attached hydrogens (tertiary/aromatic N) is 6. The monoisotopic (exact) mass is 468 g/mol. The van der Waals surface area contributed by atoms with Crippen molar-refractivity contribution in [1.29, 1.82) is 0 Å². The van der Waals surface area contributed by atoms with Gasteiger partial charge in [0.05, 0.1) is 17.8 Å². The smallest absolute Gasteiger partial charge is 0.267 e. The second kappa shape index (κ2) is 8.99. The van der Waals surface area contributed by atoms with E-state index in [-0.39, 0.29) is 23.1 Å². The summed E-state index contributed by atoms with van der Waals surface area (Å²) in [6.07, 6.45) is -1.98. The fourth-order valence-electron chi connectivity index (χ4n) is 4.14. The molecule has 1 aliphatic rings. The van der Waals surface area contributed by atoms with Crippen molar-refractivity contribution in [2.45, 2.75) is 57.2 Å². The molecule has 1 saturated carbocycles. The lowest BCUT2D eigenvalue weighted by Crippen LogP contribution is -2.30. The summed E-state index contributed by atoms with van der Waals surface area (Å²) in [5.74, 6) is -0.813. The summed E-state index contributed by atoms with van der Waals surface area (Å²) in [6, 6.07) is 3.52. The maximum Gasteiger partial charge on any atom is 0.418 e. The van der Waals surface area contributed by atoms with Gasteiger partial charge in [0.25, 0.3) is 12.0 Å². The molecule has 0 bridgehead atoms. The highest BCUT2D eigenvalue weighted by atomic mass is 19.4. The molecule has 0 aliphatic heterocycles. The molecule has 0 aromatic carbocycles. The highest BCUT2D eigenvalue weighted by molar-refractivity contribution is 5.49. The predicted octanol–water partition coefficient (Wildman–Crippen LogP) is 4.49. The van der Waals surface area contributed by atoms with Gasteiger partial charge in [-0.25, -0.2) is 23.1 Å². The molecular weight excluding hydrogens is 447 g/mol. The lowest BCUT2D eigenvalue weighted by atomic mass is 9.84. The van der Waals surface area contributed by atoms with Crippen molar-refractivity contribution in [1.82, 2.24) is 29.5 Å². The normalized spacial score (nSPS) is 15.4. The molecule has 7 nitrogen and oxygen atoms in total. The van der Waals surface area contributed by atoms with E-state index in [0.29, 0.717) is 5.56 Å². The number of alkyl halides is 5. The van der Waals surface area contributed by atoms with Crippen LogP contribution in [-0.2, 0) is 19.8 Å². The standard InChI is InChI=1S/C21H21F5N6O/c1-31-19(17(22)23)28-18(30-31)15-10-13(12-6-3-2-4-7-12)20(33)32(29-15)11-16-14(21(24,25)26)8-5-9-27-16/h5,8-10,12,17H,2-4,6-7,11H2,1H3. The minimum atomic E-state index is -4.66. The fraction of sp³-hybridized carbons (Fsp3) is 0.476. The van der Waals surface area contributed by atoms with E-state index in [4.69, 9.17) is 0 Å². The first-order valence-corrected chi connectivity index (χ1v) is 10.5. The van der Waals surface area contributed by atoms with E-state index in [2.05, 4.69) is 20.2 Å². The number of halogens is 5. The minimum absolute atomic E-state index is 0.0437. The van der Waals surface area contributed by atoms with E-state index in [0.717, 1.165) is 53.6 Å². The van der Waals surface area contributed by atoms with Crippen LogP contribution in [0, 0.1) is 0 Å². The number of aromatic nitrogens is 6. The fourth-order valence-corrected chi connectivity index (χ4v) is 4.14. The van der Waals surface area contributed by atoms with Gasteiger partial charge in [-0.15, -0.1) is 5.10 Å². The van der Waals surface area contributed by atoms with Crippen LogP contribution in [0.25, 0.3) is 11.5 Å². The van der Waals surface area contributed by atoms with E-state index in [1.165, 1.54) is 19.3 Å². The number of hydrogen-bond acceptors (Lipinski definition) is 5. The van der Waals surface area contributed by atoms with Gasteiger partial charge in [0.2, 0.25) is 5.82 Å². The Bertz CT molecular complexity index is 1200. The summed E-state index contributed by atoms with van der Waals surface area (Å²) < 4.78 is 68.6. The van der Waals surface area contributed by atoms with Crippen LogP contribution in [0.2, 0.25) is 0 Å². The molecule has 1 aliphatic carbocycles. The van der Waals surface area contributed by atoms with Crippen molar-refractivity contribution in [3.63, 3.8) is 0 Å². The van der Waals surface area contributed by atoms with Gasteiger partial charge in [0, 0.05) is 18.8 Å². The topological polar surface area (TPSA) is 78.5 Å². The number of hydrogen-bond donors (Lipinski definition) is 0. The molecule has 0 unspecified atom stereocenters. The third-order valence-corrected chi connectivity index (χ3v) is 5.76. The number of pyridine rings is 1. The van der Waals surface area contributed by atoms with Crippen LogP contribution in [0.1, 0.15) is 67.1 Å². The van der Waals surface area contributed by atoms with Crippen LogP contribution >= 0.6 is 0 Å². The summed E-state index contributed by atoms with van der Waals surface area (Å²) in [5.41, 5.74) is -1.46. The lowest BCUT2D eigenvalue weighted by molar-refractivity contribution is -0.138. The van der Waals surface area contributed by atoms with Gasteiger partial charge in [-0.3, -0.25) is 9.78 Å². The summed E-state index contributed by atoms with van der Waals surface area (Å²) >= 11 is 0. The average Bonchev–Trinajstić information content (AvgIpc) is 3.17. The summed E-state index contributed by atoms with van der Waals surface area (Å²) in [5, 5.41) is 8.12. The molecule has 1 fully saturated rings. The molecule has 33 heavy (non-hydrogen) atoms. The molecule has 0 radical (unpaired) electrons. The van der Waals surface area contributed by atoms with Crippen LogP contribution in [0.15, 0.2) is 29.2 Å². The Morgan fingerprint density at radius 1 is 1.15 bits per heavy atom. The lowest BCUT2D eigenvalue weighted by Gasteiger charge is -2.22. The first-order valence-electron chi connectivity index (χ1n) is 10.5. The molecule has 12 heteroatoms. The Morgan fingerprint density at radius 2 is 1.88 bits per heavy atom. The first-order chi connectivity index (χ1) is 15.6. The maximum atomic E-state index is 13.4. The second-order valence-electron chi connectivity index (χ2n) is 8.00. The van der Waals surface area contributed by atoms with Crippen LogP contribution in [0.4, 0.5) is 22.0 Å². The van der Waals surface area contributed by atoms with E-state index in [1.54, 1.807) is 0 Å². The number of aryl methyl sites for hydroxylation is 1. The third kappa shape index (κ3) is 4.79. The zero-order chi connectivity index (χ0) is 23.8. The molecule has 0 spiro atoms. The second-order valence-corrected chi connectivity index (χ2v) is 8.00. The van der Waals surface area contributed by atoms with Crippen molar-refractivity contribution < 1.29 is 22.0 Å². The van der Waals surface area contributed by atoms with Crippen LogP contribution in [0.3, 0.4) is 0 Å². The van der Waals surface area contributed by atoms with Gasteiger partial charge < -0.3 is 0 Å². The Hall–Kier alpha value is -3.18. The van der Waals surface area contributed by atoms with Crippen molar-refractivity contribution in [2.24, 2.45) is 7.05 Å². The molecule has 0 N–H and O–H groups in total. The maximum absolute atomic E-state index is 13.4. The summed E-state index contributed by atoms with van der Waals surface area (Å²) in [4.78, 5) is 20.9. The molecule has 3 aromatic heterocycles. The number of rotatable bonds is 5. The molecule has 0 saturated heterocycles. The SMILES string of the molecule is Cn1nc(-c2cc(C3CCCCC3)c(=O)n(Cc3ncccc3C(F)(F)F)n2)nc1C(F)F. The van der Waals surface area contributed by atoms with E-state index < -0.39 is 36.1 Å². The van der Waals surface area contributed by atoms with Gasteiger partial charge in [-0.1, -0.05) is 19.3 Å². The summed E-state index contributed by atoms with van der Waals surface area (Å²) in [7, 11) is 1.31. The molecule has 0 atom stereocenters. The first kappa shape index (κ1) is 23.0. The van der Waals surface area contributed by atoms with E-state index in [1.807, 2.05) is 0 Å². The van der Waals surface area contributed by atoms with Crippen LogP contribution in [-0.4, -0.2) is 29.5 Å². The molecule has 0 amide bonds. The minimum Gasteiger partial charge on any atom is -0.267 e. The van der Waals surface area contributed by atoms with Gasteiger partial charge >= 0.3 is 6.18 Å². The Kier molecular flexibility index (Phi) is 6.26. The zero-order valence-corrected chi connectivity index (χ0v) is 17.7. The Morgan fingerprint density at radius 3 is 2.52 bits per heavy atom. The molecule has 3 aromatic rings. The van der Waals surface area contributed by atoms with Crippen LogP contribution in [0.5, 0.6) is 0 Å².